The van der Waals surface area contributed by atoms with Gasteiger partial charge in [-0.05, 0) is 24.6 Å². The first-order chi connectivity index (χ1) is 17.4. The van der Waals surface area contributed by atoms with E-state index in [4.69, 9.17) is 14.2 Å². The predicted molar refractivity (Wildman–Crippen MR) is 132 cm³/mol. The van der Waals surface area contributed by atoms with Crippen LogP contribution in [0, 0.1) is 10.1 Å². The average Bonchev–Trinajstić information content (AvgIpc) is 3.41. The van der Waals surface area contributed by atoms with Gasteiger partial charge in [-0.2, -0.15) is 0 Å². The van der Waals surface area contributed by atoms with E-state index in [-0.39, 0.29) is 51.3 Å². The van der Waals surface area contributed by atoms with Crippen molar-refractivity contribution in [3.63, 3.8) is 0 Å². The summed E-state index contributed by atoms with van der Waals surface area (Å²) >= 11 is 0. The molecule has 11 nitrogen and oxygen atoms in total. The number of ether oxygens (including phenoxy) is 3. The smallest absolute Gasteiger partial charge is 0.338 e. The summed E-state index contributed by atoms with van der Waals surface area (Å²) in [7, 11) is 4.05. The van der Waals surface area contributed by atoms with Crippen molar-refractivity contribution in [2.75, 3.05) is 21.3 Å². The van der Waals surface area contributed by atoms with E-state index >= 15 is 0 Å². The van der Waals surface area contributed by atoms with E-state index in [0.717, 1.165) is 0 Å². The molecule has 0 amide bonds. The Bertz CT molecular complexity index is 1490. The molecule has 0 saturated heterocycles. The van der Waals surface area contributed by atoms with Crippen molar-refractivity contribution in [2.45, 2.75) is 19.5 Å². The van der Waals surface area contributed by atoms with Crippen molar-refractivity contribution in [2.24, 2.45) is 0 Å². The molecule has 0 N–H and O–H groups in total. The summed E-state index contributed by atoms with van der Waals surface area (Å²) in [6.45, 7) is 0.676. The second-order valence-corrected chi connectivity index (χ2v) is 7.86. The zero-order chi connectivity index (χ0) is 25.8. The lowest BCUT2D eigenvalue weighted by molar-refractivity contribution is -0.382. The van der Waals surface area contributed by atoms with Crippen LogP contribution in [-0.2, 0) is 17.8 Å². The number of aryl methyl sites for hydroxylation is 1. The first-order valence-corrected chi connectivity index (χ1v) is 11.0. The molecule has 0 bridgehead atoms. The molecule has 0 spiro atoms. The molecule has 4 aromatic rings. The Labute approximate surface area is 205 Å². The van der Waals surface area contributed by atoms with Gasteiger partial charge in [-0.3, -0.25) is 14.9 Å². The molecular weight excluding hydrogens is 468 g/mol. The van der Waals surface area contributed by atoms with E-state index in [1.807, 2.05) is 4.57 Å². The van der Waals surface area contributed by atoms with Crippen LogP contribution in [0.25, 0.3) is 22.0 Å². The fraction of sp³-hybridized carbons (Fsp3) is 0.240. The summed E-state index contributed by atoms with van der Waals surface area (Å²) in [5.74, 6) is -0.175. The third-order valence-electron chi connectivity index (χ3n) is 5.88. The number of methoxy groups -OCH3 is 3. The highest BCUT2D eigenvalue weighted by Gasteiger charge is 2.30. The number of benzene rings is 2. The highest BCUT2D eigenvalue weighted by molar-refractivity contribution is 6.03. The zero-order valence-electron chi connectivity index (χ0n) is 20.0. The number of nitrogens with zero attached hydrogens (tertiary/aromatic N) is 4. The largest absolute Gasteiger partial charge is 0.493 e. The summed E-state index contributed by atoms with van der Waals surface area (Å²) in [6, 6.07) is 9.18. The van der Waals surface area contributed by atoms with Crippen LogP contribution in [0.3, 0.4) is 0 Å². The maximum atomic E-state index is 13.8. The van der Waals surface area contributed by atoms with Crippen molar-refractivity contribution in [3.8, 4) is 22.8 Å². The van der Waals surface area contributed by atoms with E-state index < -0.39 is 16.5 Å². The van der Waals surface area contributed by atoms with E-state index in [1.54, 1.807) is 36.9 Å². The van der Waals surface area contributed by atoms with Crippen molar-refractivity contribution >= 4 is 22.4 Å². The fourth-order valence-corrected chi connectivity index (χ4v) is 4.23. The molecule has 2 aromatic heterocycles. The number of esters is 1. The van der Waals surface area contributed by atoms with Crippen LogP contribution in [0.4, 0.5) is 5.69 Å². The van der Waals surface area contributed by atoms with Gasteiger partial charge in [0.2, 0.25) is 0 Å². The predicted octanol–water partition coefficient (Wildman–Crippen LogP) is 3.67. The summed E-state index contributed by atoms with van der Waals surface area (Å²) in [4.78, 5) is 42.4. The number of fused-ring (bicyclic) bond motifs is 1. The number of nitro groups is 1. The average molecular weight is 492 g/mol. The number of carbonyl (C=O) groups excluding carboxylic acids is 1. The number of hydrogen-bond acceptors (Lipinski definition) is 8. The number of rotatable bonds is 9. The summed E-state index contributed by atoms with van der Waals surface area (Å²) in [6.07, 6.45) is 5.55. The van der Waals surface area contributed by atoms with Crippen LogP contribution < -0.4 is 15.0 Å². The molecule has 0 fully saturated rings. The van der Waals surface area contributed by atoms with Crippen LogP contribution in [-0.4, -0.2) is 46.3 Å². The molecule has 2 heterocycles. The van der Waals surface area contributed by atoms with Gasteiger partial charge in [0.25, 0.3) is 5.56 Å². The molecule has 36 heavy (non-hydrogen) atoms. The maximum Gasteiger partial charge on any atom is 0.338 e. The van der Waals surface area contributed by atoms with Crippen LogP contribution in [0.1, 0.15) is 16.8 Å². The molecule has 0 aliphatic carbocycles. The molecular formula is C25H24N4O7. The van der Waals surface area contributed by atoms with Gasteiger partial charge in [0, 0.05) is 31.0 Å². The van der Waals surface area contributed by atoms with E-state index in [1.165, 1.54) is 44.1 Å². The van der Waals surface area contributed by atoms with Gasteiger partial charge in [0.15, 0.2) is 11.5 Å². The van der Waals surface area contributed by atoms with Gasteiger partial charge in [-0.15, -0.1) is 0 Å². The molecule has 0 aliphatic heterocycles. The molecule has 2 aromatic carbocycles. The lowest BCUT2D eigenvalue weighted by Crippen LogP contribution is -2.25. The Morgan fingerprint density at radius 1 is 1.06 bits per heavy atom. The van der Waals surface area contributed by atoms with Crippen molar-refractivity contribution < 1.29 is 23.9 Å². The van der Waals surface area contributed by atoms with Gasteiger partial charge in [-0.25, -0.2) is 9.78 Å². The Kier molecular flexibility index (Phi) is 7.00. The third kappa shape index (κ3) is 4.38. The maximum absolute atomic E-state index is 13.8. The number of hydrogen-bond donors (Lipinski definition) is 0. The Morgan fingerprint density at radius 2 is 1.75 bits per heavy atom. The SMILES string of the molecule is COC(=O)c1ccccc1-c1c([N+](=O)[O-])c2cc(OC)c(OC)cc2c(=O)n1CCCn1ccnc1. The second-order valence-electron chi connectivity index (χ2n) is 7.86. The first kappa shape index (κ1) is 24.5. The monoisotopic (exact) mass is 492 g/mol. The Morgan fingerprint density at radius 3 is 2.36 bits per heavy atom. The minimum Gasteiger partial charge on any atom is -0.493 e. The van der Waals surface area contributed by atoms with E-state index in [9.17, 15) is 19.7 Å². The third-order valence-corrected chi connectivity index (χ3v) is 5.88. The van der Waals surface area contributed by atoms with Crippen molar-refractivity contribution in [1.29, 1.82) is 0 Å². The summed E-state index contributed by atoms with van der Waals surface area (Å²) < 4.78 is 18.8. The zero-order valence-corrected chi connectivity index (χ0v) is 20.0. The van der Waals surface area contributed by atoms with Crippen LogP contribution in [0.15, 0.2) is 59.9 Å². The topological polar surface area (TPSA) is 128 Å². The van der Waals surface area contributed by atoms with Gasteiger partial charge in [0.05, 0.1) is 48.9 Å². The van der Waals surface area contributed by atoms with E-state index in [0.29, 0.717) is 13.0 Å². The molecule has 0 unspecified atom stereocenters. The summed E-state index contributed by atoms with van der Waals surface area (Å²) in [5, 5.41) is 12.7. The van der Waals surface area contributed by atoms with Crippen LogP contribution in [0.5, 0.6) is 11.5 Å². The Balaban J connectivity index is 2.06. The van der Waals surface area contributed by atoms with Gasteiger partial charge < -0.3 is 23.3 Å². The van der Waals surface area contributed by atoms with Gasteiger partial charge in [0.1, 0.15) is 5.69 Å². The fourth-order valence-electron chi connectivity index (χ4n) is 4.23. The normalized spacial score (nSPS) is 10.9. The van der Waals surface area contributed by atoms with Gasteiger partial charge >= 0.3 is 11.7 Å². The molecule has 0 aliphatic rings. The summed E-state index contributed by atoms with van der Waals surface area (Å²) in [5.41, 5.74) is -0.462. The van der Waals surface area contributed by atoms with Crippen molar-refractivity contribution in [3.05, 3.63) is 81.2 Å². The van der Waals surface area contributed by atoms with Crippen LogP contribution in [0.2, 0.25) is 0 Å². The lowest BCUT2D eigenvalue weighted by atomic mass is 9.98. The number of pyridine rings is 1. The van der Waals surface area contributed by atoms with Gasteiger partial charge in [-0.1, -0.05) is 18.2 Å². The lowest BCUT2D eigenvalue weighted by Gasteiger charge is -2.18. The first-order valence-electron chi connectivity index (χ1n) is 11.0. The number of carbonyl (C=O) groups is 1. The molecule has 0 atom stereocenters. The second kappa shape index (κ2) is 10.3. The molecule has 0 saturated carbocycles. The molecule has 4 rings (SSSR count). The minimum absolute atomic E-state index is 0.0105. The Hall–Kier alpha value is -4.67. The highest BCUT2D eigenvalue weighted by atomic mass is 16.6. The quantitative estimate of drug-likeness (QED) is 0.197. The standard InChI is InChI=1S/C25H24N4O7/c1-34-20-13-18-19(14-21(20)35-2)24(30)28(11-6-10-27-12-9-26-15-27)22(23(18)29(32)33)16-7-4-5-8-17(16)25(31)36-3/h4-5,7-9,12-15H,6,10-11H2,1-3H3. The number of aromatic nitrogens is 3. The highest BCUT2D eigenvalue weighted by Crippen LogP contribution is 2.41. The minimum atomic E-state index is -0.676. The molecule has 186 valence electrons. The molecule has 0 radical (unpaired) electrons. The van der Waals surface area contributed by atoms with Crippen LogP contribution >= 0.6 is 0 Å². The number of imidazole rings is 1. The van der Waals surface area contributed by atoms with Crippen molar-refractivity contribution in [1.82, 2.24) is 14.1 Å². The van der Waals surface area contributed by atoms with E-state index in [2.05, 4.69) is 4.98 Å². The molecule has 11 heteroatoms.